The van der Waals surface area contributed by atoms with E-state index in [1.165, 1.54) is 12.4 Å². The average molecular weight is 333 g/mol. The Morgan fingerprint density at radius 1 is 1.42 bits per heavy atom. The second-order valence-electron chi connectivity index (χ2n) is 3.73. The number of aromatic nitrogens is 2. The van der Waals surface area contributed by atoms with E-state index in [-0.39, 0.29) is 19.0 Å². The summed E-state index contributed by atoms with van der Waals surface area (Å²) >= 11 is 3.28. The van der Waals surface area contributed by atoms with Crippen molar-refractivity contribution in [2.45, 2.75) is 19.8 Å². The van der Waals surface area contributed by atoms with Crippen molar-refractivity contribution in [1.82, 2.24) is 9.55 Å². The largest absolute Gasteiger partial charge is 0.485 e. The maximum atomic E-state index is 12.6. The summed E-state index contributed by atoms with van der Waals surface area (Å²) in [5.41, 5.74) is 0.574. The molecule has 1 N–H and O–H groups in total. The molecule has 0 unspecified atom stereocenters. The zero-order valence-electron chi connectivity index (χ0n) is 9.76. The summed E-state index contributed by atoms with van der Waals surface area (Å²) < 4.78 is 32.2. The Kier molecular flexibility index (Phi) is 4.49. The highest BCUT2D eigenvalue weighted by Crippen LogP contribution is 2.24. The summed E-state index contributed by atoms with van der Waals surface area (Å²) in [6, 6.07) is 5.11. The van der Waals surface area contributed by atoms with Gasteiger partial charge in [-0.05, 0) is 18.2 Å². The molecular weight excluding hydrogens is 322 g/mol. The van der Waals surface area contributed by atoms with Crippen molar-refractivity contribution >= 4 is 15.9 Å². The van der Waals surface area contributed by atoms with E-state index in [9.17, 15) is 13.9 Å². The van der Waals surface area contributed by atoms with Gasteiger partial charge in [0.05, 0.1) is 6.61 Å². The first-order chi connectivity index (χ1) is 9.11. The van der Waals surface area contributed by atoms with Gasteiger partial charge in [0, 0.05) is 22.4 Å². The van der Waals surface area contributed by atoms with E-state index in [0.29, 0.717) is 11.3 Å². The zero-order valence-corrected chi connectivity index (χ0v) is 11.3. The van der Waals surface area contributed by atoms with Gasteiger partial charge in [-0.3, -0.25) is 4.57 Å². The van der Waals surface area contributed by atoms with Gasteiger partial charge in [-0.1, -0.05) is 15.9 Å². The molecule has 1 aromatic carbocycles. The van der Waals surface area contributed by atoms with Crippen molar-refractivity contribution in [2.75, 3.05) is 0 Å². The predicted molar refractivity (Wildman–Crippen MR) is 67.9 cm³/mol. The van der Waals surface area contributed by atoms with Crippen LogP contribution in [0.5, 0.6) is 5.75 Å². The molecular formula is C12H11BrF2N2O2. The summed E-state index contributed by atoms with van der Waals surface area (Å²) in [5.74, 6) is 0.566. The standard InChI is InChI=1S/C12H11BrF2N2O2/c13-9-1-2-10(8(5-9)6-18)19-7-11-16-3-4-17(11)12(14)15/h1-5,12,18H,6-7H2. The van der Waals surface area contributed by atoms with E-state index in [1.54, 1.807) is 18.2 Å². The van der Waals surface area contributed by atoms with Crippen molar-refractivity contribution < 1.29 is 18.6 Å². The van der Waals surface area contributed by atoms with Crippen LogP contribution in [0.3, 0.4) is 0 Å². The number of ether oxygens (including phenoxy) is 1. The molecule has 0 saturated heterocycles. The molecule has 0 spiro atoms. The Labute approximate surface area is 116 Å². The lowest BCUT2D eigenvalue weighted by molar-refractivity contribution is 0.0631. The number of hydrogen-bond donors (Lipinski definition) is 1. The van der Waals surface area contributed by atoms with Crippen LogP contribution in [0.4, 0.5) is 8.78 Å². The summed E-state index contributed by atoms with van der Waals surface area (Å²) in [5, 5.41) is 9.20. The van der Waals surface area contributed by atoms with Crippen LogP contribution in [0, 0.1) is 0 Å². The SMILES string of the molecule is OCc1cc(Br)ccc1OCc1nccn1C(F)F. The van der Waals surface area contributed by atoms with Crippen LogP contribution in [-0.2, 0) is 13.2 Å². The Morgan fingerprint density at radius 2 is 2.21 bits per heavy atom. The first-order valence-electron chi connectivity index (χ1n) is 5.43. The topological polar surface area (TPSA) is 47.3 Å². The van der Waals surface area contributed by atoms with Gasteiger partial charge in [0.15, 0.2) is 5.82 Å². The lowest BCUT2D eigenvalue weighted by Crippen LogP contribution is -2.08. The molecule has 0 atom stereocenters. The van der Waals surface area contributed by atoms with Gasteiger partial charge in [0.1, 0.15) is 12.4 Å². The molecule has 0 aliphatic heterocycles. The van der Waals surface area contributed by atoms with Crippen molar-refractivity contribution in [2.24, 2.45) is 0 Å². The fraction of sp³-hybridized carbons (Fsp3) is 0.250. The van der Waals surface area contributed by atoms with E-state index in [4.69, 9.17) is 4.74 Å². The first-order valence-corrected chi connectivity index (χ1v) is 6.23. The number of imidazole rings is 1. The van der Waals surface area contributed by atoms with E-state index in [0.717, 1.165) is 9.04 Å². The Morgan fingerprint density at radius 3 is 2.89 bits per heavy atom. The Hall–Kier alpha value is -1.47. The van der Waals surface area contributed by atoms with Gasteiger partial charge < -0.3 is 9.84 Å². The van der Waals surface area contributed by atoms with Gasteiger partial charge in [0.2, 0.25) is 0 Å². The van der Waals surface area contributed by atoms with Crippen LogP contribution in [0.1, 0.15) is 17.9 Å². The number of benzene rings is 1. The predicted octanol–water partition coefficient (Wildman–Crippen LogP) is 3.11. The fourth-order valence-corrected chi connectivity index (χ4v) is 2.00. The molecule has 2 rings (SSSR count). The third-order valence-electron chi connectivity index (χ3n) is 2.51. The summed E-state index contributed by atoms with van der Waals surface area (Å²) in [6.07, 6.45) is 2.48. The Bertz CT molecular complexity index is 560. The molecule has 0 radical (unpaired) electrons. The molecule has 2 aromatic rings. The molecule has 1 heterocycles. The normalized spacial score (nSPS) is 11.0. The van der Waals surface area contributed by atoms with E-state index in [2.05, 4.69) is 20.9 Å². The van der Waals surface area contributed by atoms with Crippen molar-refractivity contribution in [3.63, 3.8) is 0 Å². The highest BCUT2D eigenvalue weighted by molar-refractivity contribution is 9.10. The lowest BCUT2D eigenvalue weighted by Gasteiger charge is -2.11. The number of hydrogen-bond acceptors (Lipinski definition) is 3. The number of aliphatic hydroxyl groups excluding tert-OH is 1. The molecule has 102 valence electrons. The molecule has 0 fully saturated rings. The van der Waals surface area contributed by atoms with Crippen molar-refractivity contribution in [3.8, 4) is 5.75 Å². The minimum Gasteiger partial charge on any atom is -0.485 e. The molecule has 0 bridgehead atoms. The van der Waals surface area contributed by atoms with Crippen LogP contribution in [0.2, 0.25) is 0 Å². The van der Waals surface area contributed by atoms with Gasteiger partial charge in [-0.2, -0.15) is 8.78 Å². The molecule has 0 aliphatic rings. The minimum absolute atomic E-state index is 0.0913. The van der Waals surface area contributed by atoms with Gasteiger partial charge in [0.25, 0.3) is 0 Å². The molecule has 19 heavy (non-hydrogen) atoms. The Balaban J connectivity index is 2.12. The maximum Gasteiger partial charge on any atom is 0.320 e. The average Bonchev–Trinajstić information content (AvgIpc) is 2.85. The summed E-state index contributed by atoms with van der Waals surface area (Å²) in [7, 11) is 0. The first kappa shape index (κ1) is 14.0. The molecule has 1 aromatic heterocycles. The zero-order chi connectivity index (χ0) is 13.8. The number of rotatable bonds is 5. The van der Waals surface area contributed by atoms with Gasteiger partial charge >= 0.3 is 6.55 Å². The minimum atomic E-state index is -2.65. The lowest BCUT2D eigenvalue weighted by atomic mass is 10.2. The second kappa shape index (κ2) is 6.12. The third kappa shape index (κ3) is 3.30. The van der Waals surface area contributed by atoms with Gasteiger partial charge in [-0.25, -0.2) is 4.98 Å². The molecule has 0 amide bonds. The quantitative estimate of drug-likeness (QED) is 0.915. The van der Waals surface area contributed by atoms with Crippen LogP contribution in [-0.4, -0.2) is 14.7 Å². The van der Waals surface area contributed by atoms with Crippen molar-refractivity contribution in [3.05, 3.63) is 46.5 Å². The van der Waals surface area contributed by atoms with Crippen LogP contribution in [0.25, 0.3) is 0 Å². The molecule has 0 saturated carbocycles. The van der Waals surface area contributed by atoms with Gasteiger partial charge in [-0.15, -0.1) is 0 Å². The van der Waals surface area contributed by atoms with Crippen LogP contribution < -0.4 is 4.74 Å². The fourth-order valence-electron chi connectivity index (χ4n) is 1.59. The number of halogens is 3. The van der Waals surface area contributed by atoms with E-state index >= 15 is 0 Å². The highest BCUT2D eigenvalue weighted by atomic mass is 79.9. The number of alkyl halides is 2. The number of aliphatic hydroxyl groups is 1. The monoisotopic (exact) mass is 332 g/mol. The van der Waals surface area contributed by atoms with E-state index in [1.807, 2.05) is 0 Å². The summed E-state index contributed by atoms with van der Waals surface area (Å²) in [4.78, 5) is 3.81. The molecule has 4 nitrogen and oxygen atoms in total. The second-order valence-corrected chi connectivity index (χ2v) is 4.64. The van der Waals surface area contributed by atoms with Crippen molar-refractivity contribution in [1.29, 1.82) is 0 Å². The van der Waals surface area contributed by atoms with E-state index < -0.39 is 6.55 Å². The molecule has 0 aliphatic carbocycles. The van der Waals surface area contributed by atoms with Crippen LogP contribution in [0.15, 0.2) is 35.1 Å². The summed E-state index contributed by atoms with van der Waals surface area (Å²) in [6.45, 7) is -2.94. The smallest absolute Gasteiger partial charge is 0.320 e. The third-order valence-corrected chi connectivity index (χ3v) is 3.00. The van der Waals surface area contributed by atoms with Crippen LogP contribution >= 0.6 is 15.9 Å². The number of nitrogens with zero attached hydrogens (tertiary/aromatic N) is 2. The molecule has 7 heteroatoms. The highest BCUT2D eigenvalue weighted by Gasteiger charge is 2.12. The maximum absolute atomic E-state index is 12.6.